The quantitative estimate of drug-likeness (QED) is 0.0344. The molecular weight excluding hydrogens is 1590 g/mol. The molecule has 5 aliphatic rings. The van der Waals surface area contributed by atoms with Crippen molar-refractivity contribution >= 4 is 86.2 Å². The number of hydrogen-bond donors (Lipinski definition) is 6. The smallest absolute Gasteiger partial charge is 0.409 e. The average molecular weight is 1720 g/mol. The highest BCUT2D eigenvalue weighted by atomic mass is 79.9. The van der Waals surface area contributed by atoms with Crippen LogP contribution >= 0.6 is 15.9 Å². The van der Waals surface area contributed by atoms with Crippen molar-refractivity contribution < 1.29 is 62.6 Å². The van der Waals surface area contributed by atoms with Crippen LogP contribution in [0.4, 0.5) is 59.4 Å². The molecule has 650 valence electrons. The number of halogens is 1. The fraction of sp³-hybridized carbons (Fsp3) is 0.449. The zero-order valence-corrected chi connectivity index (χ0v) is 71.5. The number of nitrogens with zero attached hydrogens (tertiary/aromatic N) is 14. The first-order valence-electron chi connectivity index (χ1n) is 40.7. The second kappa shape index (κ2) is 50.9. The van der Waals surface area contributed by atoms with Crippen molar-refractivity contribution in [1.29, 1.82) is 0 Å². The number of fused-ring (bicyclic) bond motifs is 1. The summed E-state index contributed by atoms with van der Waals surface area (Å²) < 4.78 is 32.1. The summed E-state index contributed by atoms with van der Waals surface area (Å²) in [5.41, 5.74) is 20.2. The first-order valence-corrected chi connectivity index (χ1v) is 41.5. The number of nitrogen functional groups attached to an aromatic ring is 1. The molecule has 0 radical (unpaired) electrons. The Kier molecular flexibility index (Phi) is 40.1. The largest absolute Gasteiger partial charge is 0.461 e. The number of nitrogens with one attached hydrogen (secondary N) is 2. The minimum Gasteiger partial charge on any atom is -0.461 e. The summed E-state index contributed by atoms with van der Waals surface area (Å²) in [4.78, 5) is 75.5. The molecule has 31 heteroatoms. The molecule has 9 aromatic rings. The number of methoxy groups -OCH3 is 5. The van der Waals surface area contributed by atoms with Crippen molar-refractivity contribution in [2.75, 3.05) is 255 Å². The van der Waals surface area contributed by atoms with Crippen molar-refractivity contribution in [1.82, 2.24) is 49.8 Å². The topological polar surface area (TPSA) is 314 Å². The lowest BCUT2D eigenvalue weighted by Gasteiger charge is -2.35. The van der Waals surface area contributed by atoms with E-state index >= 15 is 0 Å². The second-order valence-corrected chi connectivity index (χ2v) is 29.7. The number of ether oxygens (including phenoxy) is 5. The van der Waals surface area contributed by atoms with Gasteiger partial charge in [0.25, 0.3) is 0 Å². The van der Waals surface area contributed by atoms with Gasteiger partial charge in [0.05, 0.1) is 41.3 Å². The highest BCUT2D eigenvalue weighted by molar-refractivity contribution is 9.10. The number of amides is 4. The highest BCUT2D eigenvalue weighted by Gasteiger charge is 2.26. The van der Waals surface area contributed by atoms with E-state index < -0.39 is 0 Å². The molecule has 0 bridgehead atoms. The Balaban J connectivity index is 0.000000186. The van der Waals surface area contributed by atoms with Crippen LogP contribution in [0.2, 0.25) is 0 Å². The molecule has 120 heavy (non-hydrogen) atoms. The van der Waals surface area contributed by atoms with Gasteiger partial charge in [-0.25, -0.2) is 24.2 Å². The number of hydrogen-bond acceptors (Lipinski definition) is 25. The molecule has 8 heterocycles. The molecule has 0 saturated carbocycles. The summed E-state index contributed by atoms with van der Waals surface area (Å²) in [6.45, 7) is 19.6. The maximum Gasteiger partial charge on any atom is 0.409 e. The lowest BCUT2D eigenvalue weighted by atomic mass is 10.1. The molecule has 5 fully saturated rings. The van der Waals surface area contributed by atoms with E-state index in [0.29, 0.717) is 76.0 Å². The number of furan rings is 1. The second-order valence-electron chi connectivity index (χ2n) is 28.8. The lowest BCUT2D eigenvalue weighted by molar-refractivity contribution is 0.120. The van der Waals surface area contributed by atoms with E-state index in [9.17, 15) is 19.2 Å². The molecule has 30 nitrogen and oxygen atoms in total. The SMILES string of the molecule is C.CNCCc1ccc(N2CCN(C(=O)OC)CC2)cc1.COC(=O)N1CCN(c2ccc(CCN(C)c3cc4nc(-c5ccco5)nn4c(N)n3)cc2)CC1.COC(=O)N1CCN(c2ccc(CCO)cc2)CC1.COCCc1ccc(N2CCN(C(=O)OC)CC2)cc1.OCCc1ccc(Br)cc1.OCCc1ccc(N2CCNCC2)cc1. The number of rotatable bonds is 22. The predicted octanol–water partition coefficient (Wildman–Crippen LogP) is 10.00. The van der Waals surface area contributed by atoms with E-state index in [2.05, 4.69) is 180 Å². The number of carbonyl (C=O) groups excluding carboxylic acids is 4. The van der Waals surface area contributed by atoms with Crippen LogP contribution in [0.1, 0.15) is 40.8 Å². The number of benzene rings is 6. The molecule has 0 unspecified atom stereocenters. The summed E-state index contributed by atoms with van der Waals surface area (Å²) in [5.74, 6) is 2.05. The van der Waals surface area contributed by atoms with E-state index in [1.165, 1.54) is 77.8 Å². The number of piperazine rings is 5. The van der Waals surface area contributed by atoms with Gasteiger partial charge in [-0.15, -0.1) is 5.10 Å². The van der Waals surface area contributed by atoms with Crippen LogP contribution in [0, 0.1) is 0 Å². The van der Waals surface area contributed by atoms with Gasteiger partial charge in [-0.1, -0.05) is 96.2 Å². The van der Waals surface area contributed by atoms with Crippen molar-refractivity contribution in [2.24, 2.45) is 0 Å². The Hall–Kier alpha value is -10.9. The summed E-state index contributed by atoms with van der Waals surface area (Å²) in [7, 11) is 11.4. The van der Waals surface area contributed by atoms with Crippen molar-refractivity contribution in [3.8, 4) is 11.6 Å². The summed E-state index contributed by atoms with van der Waals surface area (Å²) in [6, 6.07) is 56.0. The van der Waals surface area contributed by atoms with Crippen molar-refractivity contribution in [3.63, 3.8) is 0 Å². The van der Waals surface area contributed by atoms with Crippen LogP contribution in [0.5, 0.6) is 0 Å². The van der Waals surface area contributed by atoms with Gasteiger partial charge in [0.15, 0.2) is 11.4 Å². The van der Waals surface area contributed by atoms with Crippen molar-refractivity contribution in [2.45, 2.75) is 46.0 Å². The van der Waals surface area contributed by atoms with E-state index in [4.69, 9.17) is 49.2 Å². The summed E-state index contributed by atoms with van der Waals surface area (Å²) in [5, 5.41) is 37.2. The van der Waals surface area contributed by atoms with Gasteiger partial charge in [0.2, 0.25) is 11.8 Å². The van der Waals surface area contributed by atoms with Gasteiger partial charge in [-0.2, -0.15) is 9.50 Å². The normalized spacial score (nSPS) is 14.5. The zero-order valence-electron chi connectivity index (χ0n) is 69.9. The van der Waals surface area contributed by atoms with Crippen LogP contribution in [-0.4, -0.2) is 299 Å². The van der Waals surface area contributed by atoms with Gasteiger partial charge < -0.3 is 109 Å². The van der Waals surface area contributed by atoms with E-state index in [-0.39, 0.29) is 57.6 Å². The minimum atomic E-state index is -0.263. The Morgan fingerprint density at radius 2 is 0.800 bits per heavy atom. The van der Waals surface area contributed by atoms with Crippen molar-refractivity contribution in [3.05, 3.63) is 208 Å². The number of carbonyl (C=O) groups is 4. The van der Waals surface area contributed by atoms with Crippen LogP contribution in [0.15, 0.2) is 179 Å². The Morgan fingerprint density at radius 1 is 0.467 bits per heavy atom. The standard InChI is InChI=1S/C24H28N8O3.C15H23N3O2.C15H22N2O3.C14H20N2O3.C12H18N2O.C8H9BrO.CH4/c1-29(20-16-21-26-22(19-4-3-15-35-19)28-32(21)23(25)27-20)10-9-17-5-7-18(8-6-17)30-11-13-31(14-12-30)24(33)34-2;1-16-8-7-13-3-5-14(6-4-13)17-9-11-18(12-10-17)15(19)20-2;1-19-12-7-13-3-5-14(6-4-13)16-8-10-17(11-9-16)15(18)20-2;1-19-14(18)16-9-7-15(8-10-16)13-4-2-12(3-5-13)6-11-17;15-10-5-11-1-3-12(4-2-11)14-8-6-13-7-9-14;9-8-3-1-7(2-4-8)5-6-10;/h3-8,15-16H,9-14H2,1-2H3,(H2,25,27);3-6,16H,7-12H2,1-2H3;3-6H,7-12H2,1-2H3;2-5,17H,6-11H2,1H3;1-4,13,15H,5-10H2;1-4,10H,5-6H2;1H4. The molecule has 6 aromatic carbocycles. The number of aromatic nitrogens is 4. The Labute approximate surface area is 715 Å². The van der Waals surface area contributed by atoms with Gasteiger partial charge in [0, 0.05) is 210 Å². The third-order valence-electron chi connectivity index (χ3n) is 21.1. The maximum absolute atomic E-state index is 11.7. The first-order chi connectivity index (χ1) is 58.0. The van der Waals surface area contributed by atoms with Crippen LogP contribution in [0.25, 0.3) is 17.2 Å². The maximum atomic E-state index is 11.7. The molecule has 0 atom stereocenters. The molecule has 4 amide bonds. The summed E-state index contributed by atoms with van der Waals surface area (Å²) >= 11 is 3.33. The monoisotopic (exact) mass is 1720 g/mol. The average Bonchev–Trinajstić information content (AvgIpc) is 1.62. The zero-order chi connectivity index (χ0) is 84.7. The molecule has 5 saturated heterocycles. The number of anilines is 7. The first kappa shape index (κ1) is 94.6. The molecule has 7 N–H and O–H groups in total. The number of aliphatic hydroxyl groups excluding tert-OH is 3. The fourth-order valence-electron chi connectivity index (χ4n) is 13.9. The molecule has 14 rings (SSSR count). The molecule has 5 aliphatic heterocycles. The molecule has 0 spiro atoms. The third kappa shape index (κ3) is 29.5. The summed E-state index contributed by atoms with van der Waals surface area (Å²) in [6.07, 6.45) is 5.63. The number of aliphatic hydroxyl groups is 3. The minimum absolute atomic E-state index is 0. The highest BCUT2D eigenvalue weighted by Crippen LogP contribution is 2.26. The van der Waals surface area contributed by atoms with Gasteiger partial charge in [0.1, 0.15) is 5.82 Å². The fourth-order valence-corrected chi connectivity index (χ4v) is 14.2. The van der Waals surface area contributed by atoms with Crippen LogP contribution < -0.4 is 45.8 Å². The van der Waals surface area contributed by atoms with Gasteiger partial charge in [-0.3, -0.25) is 0 Å². The van der Waals surface area contributed by atoms with E-state index in [1.54, 1.807) is 45.1 Å². The van der Waals surface area contributed by atoms with E-state index in [1.807, 2.05) is 56.6 Å². The molecule has 3 aromatic heterocycles. The molecular formula is C89H124BrN17O13. The number of likely N-dealkylation sites (N-methyl/N-ethyl adjacent to an activating group) is 2. The van der Waals surface area contributed by atoms with E-state index in [0.717, 1.165) is 158 Å². The van der Waals surface area contributed by atoms with Gasteiger partial charge in [-0.05, 0) is 170 Å². The molecule has 0 aliphatic carbocycles. The third-order valence-corrected chi connectivity index (χ3v) is 21.6. The lowest BCUT2D eigenvalue weighted by Crippen LogP contribution is -2.48. The Bertz CT molecular complexity index is 4320. The van der Waals surface area contributed by atoms with Gasteiger partial charge >= 0.3 is 24.4 Å². The van der Waals surface area contributed by atoms with Crippen LogP contribution in [-0.2, 0) is 62.2 Å². The number of nitrogens with two attached hydrogens (primary N) is 1. The Morgan fingerprint density at radius 3 is 1.12 bits per heavy atom. The van der Waals surface area contributed by atoms with Crippen LogP contribution in [0.3, 0.4) is 0 Å². The predicted molar refractivity (Wildman–Crippen MR) is 478 cm³/mol.